The summed E-state index contributed by atoms with van der Waals surface area (Å²) in [6.45, 7) is 6.25. The number of fused-ring (bicyclic) bond motifs is 1. The van der Waals surface area contributed by atoms with E-state index in [1.54, 1.807) is 0 Å². The highest BCUT2D eigenvalue weighted by Gasteiger charge is 2.33. The maximum absolute atomic E-state index is 13.4. The third-order valence-electron chi connectivity index (χ3n) is 8.58. The SMILES string of the molecule is COC(=O)[C@H](CC(=O)N1CCC(N2CCc3ccccc3NC2=O)CC1)Cc1cc(C)c(OCc2ccccc2)c(C)c1. The van der Waals surface area contributed by atoms with Crippen LogP contribution in [0.4, 0.5) is 10.5 Å². The van der Waals surface area contributed by atoms with Crippen molar-refractivity contribution in [2.75, 3.05) is 32.1 Å². The first-order valence-electron chi connectivity index (χ1n) is 15.1. The van der Waals surface area contributed by atoms with Gasteiger partial charge in [0.05, 0.1) is 13.0 Å². The molecule has 0 radical (unpaired) electrons. The molecular weight excluding hydrogens is 542 g/mol. The number of nitrogens with one attached hydrogen (secondary N) is 1. The number of methoxy groups -OCH3 is 1. The standard InChI is InChI=1S/C35H41N3O5/c1-24-19-27(20-25(2)33(24)43-23-26-9-5-4-6-10-26)21-29(34(40)42-3)22-32(39)37-16-14-30(15-17-37)38-18-13-28-11-7-8-12-31(28)36-35(38)41/h4-12,19-20,29-30H,13-18,21-23H2,1-3H3,(H,36,41)/t29-/m0/s1. The van der Waals surface area contributed by atoms with E-state index in [0.29, 0.717) is 45.5 Å². The molecular formula is C35H41N3O5. The van der Waals surface area contributed by atoms with E-state index in [2.05, 4.69) is 11.4 Å². The van der Waals surface area contributed by atoms with E-state index in [9.17, 15) is 14.4 Å². The smallest absolute Gasteiger partial charge is 0.322 e. The summed E-state index contributed by atoms with van der Waals surface area (Å²) >= 11 is 0. The molecule has 1 fully saturated rings. The third-order valence-corrected chi connectivity index (χ3v) is 8.58. The predicted octanol–water partition coefficient (Wildman–Crippen LogP) is 5.69. The number of hydrogen-bond donors (Lipinski definition) is 1. The molecule has 8 heteroatoms. The number of rotatable bonds is 9. The minimum atomic E-state index is -0.583. The number of urea groups is 1. The molecule has 1 N–H and O–H groups in total. The molecule has 1 saturated heterocycles. The number of ether oxygens (including phenoxy) is 2. The molecule has 2 aliphatic heterocycles. The van der Waals surface area contributed by atoms with Gasteiger partial charge in [-0.1, -0.05) is 60.7 Å². The number of nitrogens with zero attached hydrogens (tertiary/aromatic N) is 2. The lowest BCUT2D eigenvalue weighted by Crippen LogP contribution is -2.50. The Labute approximate surface area is 254 Å². The van der Waals surface area contributed by atoms with E-state index in [1.165, 1.54) is 7.11 Å². The predicted molar refractivity (Wildman–Crippen MR) is 166 cm³/mol. The number of hydrogen-bond acceptors (Lipinski definition) is 5. The number of amides is 3. The van der Waals surface area contributed by atoms with Crippen LogP contribution in [-0.4, -0.2) is 60.5 Å². The zero-order valence-corrected chi connectivity index (χ0v) is 25.3. The Hall–Kier alpha value is -4.33. The second-order valence-corrected chi connectivity index (χ2v) is 11.6. The molecule has 1 atom stereocenters. The Morgan fingerprint density at radius 3 is 2.30 bits per heavy atom. The fourth-order valence-electron chi connectivity index (χ4n) is 6.31. The van der Waals surface area contributed by atoms with Gasteiger partial charge in [-0.3, -0.25) is 9.59 Å². The summed E-state index contributed by atoms with van der Waals surface area (Å²) in [5.41, 5.74) is 6.05. The Bertz CT molecular complexity index is 1430. The number of carbonyl (C=O) groups is 3. The van der Waals surface area contributed by atoms with Crippen LogP contribution in [0.25, 0.3) is 0 Å². The zero-order valence-electron chi connectivity index (χ0n) is 25.3. The molecule has 8 nitrogen and oxygen atoms in total. The van der Waals surface area contributed by atoms with Crippen LogP contribution in [0.3, 0.4) is 0 Å². The van der Waals surface area contributed by atoms with Crippen molar-refractivity contribution in [2.24, 2.45) is 5.92 Å². The molecule has 3 aromatic rings. The quantitative estimate of drug-likeness (QED) is 0.327. The van der Waals surface area contributed by atoms with Gasteiger partial charge in [0.15, 0.2) is 0 Å². The van der Waals surface area contributed by atoms with E-state index in [0.717, 1.165) is 45.7 Å². The molecule has 3 aromatic carbocycles. The monoisotopic (exact) mass is 583 g/mol. The van der Waals surface area contributed by atoms with Gasteiger partial charge in [0.2, 0.25) is 5.91 Å². The average molecular weight is 584 g/mol. The van der Waals surface area contributed by atoms with Crippen molar-refractivity contribution in [3.8, 4) is 5.75 Å². The van der Waals surface area contributed by atoms with Gasteiger partial charge < -0.3 is 24.6 Å². The molecule has 226 valence electrons. The van der Waals surface area contributed by atoms with Crippen molar-refractivity contribution in [1.82, 2.24) is 9.80 Å². The Balaban J connectivity index is 1.17. The molecule has 0 unspecified atom stereocenters. The number of aryl methyl sites for hydroxylation is 2. The second kappa shape index (κ2) is 13.8. The number of benzene rings is 3. The van der Waals surface area contributed by atoms with Gasteiger partial charge in [-0.2, -0.15) is 0 Å². The first kappa shape index (κ1) is 30.1. The van der Waals surface area contributed by atoms with Crippen LogP contribution in [0.5, 0.6) is 5.75 Å². The van der Waals surface area contributed by atoms with Crippen LogP contribution in [0.1, 0.15) is 47.1 Å². The number of piperidine rings is 1. The van der Waals surface area contributed by atoms with Crippen molar-refractivity contribution < 1.29 is 23.9 Å². The normalized spacial score (nSPS) is 16.1. The number of para-hydroxylation sites is 1. The fourth-order valence-corrected chi connectivity index (χ4v) is 6.31. The molecule has 0 spiro atoms. The summed E-state index contributed by atoms with van der Waals surface area (Å²) in [7, 11) is 1.37. The van der Waals surface area contributed by atoms with Gasteiger partial charge in [0.25, 0.3) is 0 Å². The van der Waals surface area contributed by atoms with Gasteiger partial charge in [0, 0.05) is 37.8 Å². The average Bonchev–Trinajstić information content (AvgIpc) is 3.18. The van der Waals surface area contributed by atoms with Crippen molar-refractivity contribution in [2.45, 2.75) is 58.6 Å². The molecule has 0 aromatic heterocycles. The van der Waals surface area contributed by atoms with Crippen LogP contribution < -0.4 is 10.1 Å². The Morgan fingerprint density at radius 2 is 1.60 bits per heavy atom. The van der Waals surface area contributed by atoms with Gasteiger partial charge in [0.1, 0.15) is 12.4 Å². The van der Waals surface area contributed by atoms with Crippen molar-refractivity contribution in [3.63, 3.8) is 0 Å². The summed E-state index contributed by atoms with van der Waals surface area (Å²) in [6.07, 6.45) is 2.71. The summed E-state index contributed by atoms with van der Waals surface area (Å²) in [4.78, 5) is 42.9. The summed E-state index contributed by atoms with van der Waals surface area (Å²) < 4.78 is 11.2. The van der Waals surface area contributed by atoms with Gasteiger partial charge >= 0.3 is 12.0 Å². The van der Waals surface area contributed by atoms with Gasteiger partial charge in [-0.05, 0) is 73.4 Å². The lowest BCUT2D eigenvalue weighted by atomic mass is 9.92. The van der Waals surface area contributed by atoms with Crippen molar-refractivity contribution in [1.29, 1.82) is 0 Å². The molecule has 3 amide bonds. The molecule has 5 rings (SSSR count). The molecule has 0 saturated carbocycles. The van der Waals surface area contributed by atoms with E-state index >= 15 is 0 Å². The highest BCUT2D eigenvalue weighted by molar-refractivity contribution is 5.91. The zero-order chi connectivity index (χ0) is 30.3. The van der Waals surface area contributed by atoms with Crippen LogP contribution in [-0.2, 0) is 33.8 Å². The van der Waals surface area contributed by atoms with Gasteiger partial charge in [-0.15, -0.1) is 0 Å². The van der Waals surface area contributed by atoms with Crippen molar-refractivity contribution in [3.05, 3.63) is 94.5 Å². The van der Waals surface area contributed by atoms with E-state index < -0.39 is 5.92 Å². The lowest BCUT2D eigenvalue weighted by molar-refractivity contribution is -0.149. The van der Waals surface area contributed by atoms with Crippen LogP contribution in [0.15, 0.2) is 66.7 Å². The Morgan fingerprint density at radius 1 is 0.930 bits per heavy atom. The minimum Gasteiger partial charge on any atom is -0.488 e. The number of likely N-dealkylation sites (tertiary alicyclic amines) is 1. The van der Waals surface area contributed by atoms with Crippen LogP contribution in [0.2, 0.25) is 0 Å². The minimum absolute atomic E-state index is 0.0576. The van der Waals surface area contributed by atoms with Crippen LogP contribution >= 0.6 is 0 Å². The first-order chi connectivity index (χ1) is 20.8. The second-order valence-electron chi connectivity index (χ2n) is 11.6. The highest BCUT2D eigenvalue weighted by Crippen LogP contribution is 2.29. The van der Waals surface area contributed by atoms with E-state index in [4.69, 9.17) is 9.47 Å². The van der Waals surface area contributed by atoms with E-state index in [1.807, 2.05) is 84.3 Å². The lowest BCUT2D eigenvalue weighted by Gasteiger charge is -2.38. The molecule has 0 bridgehead atoms. The number of anilines is 1. The largest absolute Gasteiger partial charge is 0.488 e. The molecule has 2 heterocycles. The number of carbonyl (C=O) groups excluding carboxylic acids is 3. The summed E-state index contributed by atoms with van der Waals surface area (Å²) in [6, 6.07) is 22.0. The third kappa shape index (κ3) is 7.37. The Kier molecular flexibility index (Phi) is 9.65. The first-order valence-corrected chi connectivity index (χ1v) is 15.1. The van der Waals surface area contributed by atoms with E-state index in [-0.39, 0.29) is 30.4 Å². The van der Waals surface area contributed by atoms with Crippen LogP contribution in [0, 0.1) is 19.8 Å². The maximum Gasteiger partial charge on any atom is 0.322 e. The summed E-state index contributed by atoms with van der Waals surface area (Å²) in [5, 5.41) is 3.04. The summed E-state index contributed by atoms with van der Waals surface area (Å²) in [5.74, 6) is -0.190. The highest BCUT2D eigenvalue weighted by atomic mass is 16.5. The molecule has 2 aliphatic rings. The topological polar surface area (TPSA) is 88.2 Å². The molecule has 43 heavy (non-hydrogen) atoms. The van der Waals surface area contributed by atoms with Gasteiger partial charge in [-0.25, -0.2) is 4.79 Å². The molecule has 0 aliphatic carbocycles. The van der Waals surface area contributed by atoms with Crippen molar-refractivity contribution >= 4 is 23.6 Å². The maximum atomic E-state index is 13.4. The fraction of sp³-hybridized carbons (Fsp3) is 0.400. The number of esters is 1.